The normalized spacial score (nSPS) is 21.8. The van der Waals surface area contributed by atoms with Crippen molar-refractivity contribution in [3.63, 3.8) is 0 Å². The third-order valence-electron chi connectivity index (χ3n) is 6.58. The smallest absolute Gasteiger partial charge is 0.314 e. The number of carboxylic acids is 1. The molecule has 0 saturated heterocycles. The Morgan fingerprint density at radius 1 is 0.875 bits per heavy atom. The van der Waals surface area contributed by atoms with E-state index in [0.717, 1.165) is 35.1 Å². The summed E-state index contributed by atoms with van der Waals surface area (Å²) in [4.78, 5) is 12.0. The number of hydrogen-bond acceptors (Lipinski definition) is 2. The summed E-state index contributed by atoms with van der Waals surface area (Å²) in [6.07, 6.45) is 11.8. The molecule has 1 aromatic carbocycles. The molecular weight excluding hydrogens is 396 g/mol. The molecule has 1 aliphatic rings. The fraction of sp³-hybridized carbons (Fsp3) is 0.621. The van der Waals surface area contributed by atoms with Crippen molar-refractivity contribution >= 4 is 5.97 Å². The van der Waals surface area contributed by atoms with Crippen LogP contribution in [-0.4, -0.2) is 16.2 Å². The van der Waals surface area contributed by atoms with Crippen LogP contribution in [0.15, 0.2) is 47.6 Å². The first-order valence-electron chi connectivity index (χ1n) is 12.3. The SMILES string of the molecule is CCCCCCCCc1ccccc1C1(O)C(C(C)(C)C)=CC(C(=O)O)C=C1C(C)(C)C. The number of carbonyl (C=O) groups is 1. The molecule has 0 radical (unpaired) electrons. The van der Waals surface area contributed by atoms with Gasteiger partial charge in [0.05, 0.1) is 5.92 Å². The van der Waals surface area contributed by atoms with Gasteiger partial charge in [0.2, 0.25) is 0 Å². The minimum atomic E-state index is -1.32. The van der Waals surface area contributed by atoms with Crippen molar-refractivity contribution < 1.29 is 15.0 Å². The molecule has 178 valence electrons. The summed E-state index contributed by atoms with van der Waals surface area (Å²) in [6.45, 7) is 14.6. The minimum Gasteiger partial charge on any atom is -0.481 e. The molecule has 0 amide bonds. The first-order valence-corrected chi connectivity index (χ1v) is 12.3. The van der Waals surface area contributed by atoms with Gasteiger partial charge in [-0.25, -0.2) is 0 Å². The number of aliphatic hydroxyl groups is 1. The average molecular weight is 441 g/mol. The number of rotatable bonds is 9. The van der Waals surface area contributed by atoms with Gasteiger partial charge in [0, 0.05) is 0 Å². The van der Waals surface area contributed by atoms with Crippen molar-refractivity contribution in [2.45, 2.75) is 99.0 Å². The summed E-state index contributed by atoms with van der Waals surface area (Å²) < 4.78 is 0. The van der Waals surface area contributed by atoms with Gasteiger partial charge in [0.25, 0.3) is 0 Å². The monoisotopic (exact) mass is 440 g/mol. The lowest BCUT2D eigenvalue weighted by atomic mass is 9.60. The zero-order valence-corrected chi connectivity index (χ0v) is 21.3. The highest BCUT2D eigenvalue weighted by Gasteiger charge is 2.49. The molecule has 0 heterocycles. The van der Waals surface area contributed by atoms with E-state index in [4.69, 9.17) is 0 Å². The Morgan fingerprint density at radius 2 is 1.38 bits per heavy atom. The van der Waals surface area contributed by atoms with E-state index in [1.54, 1.807) is 12.2 Å². The topological polar surface area (TPSA) is 57.5 Å². The number of aliphatic carboxylic acids is 1. The number of aryl methyl sites for hydroxylation is 1. The Kier molecular flexibility index (Phi) is 8.56. The van der Waals surface area contributed by atoms with Gasteiger partial charge in [-0.2, -0.15) is 0 Å². The van der Waals surface area contributed by atoms with Crippen LogP contribution in [0.25, 0.3) is 0 Å². The molecule has 3 nitrogen and oxygen atoms in total. The lowest BCUT2D eigenvalue weighted by Crippen LogP contribution is -2.44. The fourth-order valence-corrected chi connectivity index (χ4v) is 5.00. The second-order valence-corrected chi connectivity index (χ2v) is 11.4. The molecule has 0 unspecified atom stereocenters. The van der Waals surface area contributed by atoms with E-state index < -0.39 is 17.5 Å². The number of hydrogen-bond donors (Lipinski definition) is 2. The molecule has 0 fully saturated rings. The third kappa shape index (κ3) is 5.92. The fourth-order valence-electron chi connectivity index (χ4n) is 5.00. The molecule has 2 rings (SSSR count). The van der Waals surface area contributed by atoms with Gasteiger partial charge in [0.15, 0.2) is 0 Å². The van der Waals surface area contributed by atoms with E-state index in [9.17, 15) is 15.0 Å². The van der Waals surface area contributed by atoms with Crippen LogP contribution >= 0.6 is 0 Å². The first kappa shape index (κ1) is 26.4. The Balaban J connectivity index is 2.55. The van der Waals surface area contributed by atoms with E-state index >= 15 is 0 Å². The van der Waals surface area contributed by atoms with Crippen molar-refractivity contribution in [1.29, 1.82) is 0 Å². The molecule has 0 aliphatic heterocycles. The molecule has 1 aromatic rings. The van der Waals surface area contributed by atoms with E-state index in [0.29, 0.717) is 0 Å². The second kappa shape index (κ2) is 10.4. The van der Waals surface area contributed by atoms with Gasteiger partial charge in [0.1, 0.15) is 5.60 Å². The molecule has 2 N–H and O–H groups in total. The van der Waals surface area contributed by atoms with E-state index in [1.807, 2.05) is 18.2 Å². The standard InChI is InChI=1S/C29H44O3/c1-8-9-10-11-12-13-16-21-17-14-15-18-23(21)29(32)24(27(2,3)4)19-22(26(30)31)20-25(29)28(5,6)7/h14-15,17-20,22,32H,8-13,16H2,1-7H3,(H,30,31). The lowest BCUT2D eigenvalue weighted by Gasteiger charge is -2.47. The van der Waals surface area contributed by atoms with E-state index in [-0.39, 0.29) is 10.8 Å². The molecule has 32 heavy (non-hydrogen) atoms. The van der Waals surface area contributed by atoms with Crippen LogP contribution in [-0.2, 0) is 16.8 Å². The van der Waals surface area contributed by atoms with Crippen LogP contribution in [0.1, 0.15) is 98.1 Å². The molecule has 0 atom stereocenters. The summed E-state index contributed by atoms with van der Waals surface area (Å²) in [5.74, 6) is -1.61. The Labute approximate surface area is 195 Å². The van der Waals surface area contributed by atoms with Crippen LogP contribution < -0.4 is 0 Å². The quantitative estimate of drug-likeness (QED) is 0.310. The van der Waals surface area contributed by atoms with E-state index in [2.05, 4.69) is 54.5 Å². The predicted molar refractivity (Wildman–Crippen MR) is 134 cm³/mol. The third-order valence-corrected chi connectivity index (χ3v) is 6.58. The van der Waals surface area contributed by atoms with Crippen molar-refractivity contribution in [3.8, 4) is 0 Å². The van der Waals surface area contributed by atoms with Crippen LogP contribution in [0.2, 0.25) is 0 Å². The predicted octanol–water partition coefficient (Wildman–Crippen LogP) is 7.44. The molecule has 3 heteroatoms. The Bertz CT molecular complexity index is 814. The molecule has 0 spiro atoms. The number of unbranched alkanes of at least 4 members (excludes halogenated alkanes) is 5. The van der Waals surface area contributed by atoms with Gasteiger partial charge < -0.3 is 10.2 Å². The van der Waals surface area contributed by atoms with Gasteiger partial charge in [-0.3, -0.25) is 4.79 Å². The summed E-state index contributed by atoms with van der Waals surface area (Å²) >= 11 is 0. The molecule has 0 saturated carbocycles. The molecule has 1 aliphatic carbocycles. The second-order valence-electron chi connectivity index (χ2n) is 11.4. The van der Waals surface area contributed by atoms with Crippen molar-refractivity contribution in [2.75, 3.05) is 0 Å². The highest BCUT2D eigenvalue weighted by atomic mass is 16.4. The van der Waals surface area contributed by atoms with Gasteiger partial charge in [-0.1, -0.05) is 117 Å². The Morgan fingerprint density at radius 3 is 1.88 bits per heavy atom. The number of carboxylic acid groups (broad SMARTS) is 1. The van der Waals surface area contributed by atoms with E-state index in [1.165, 1.54) is 32.1 Å². The largest absolute Gasteiger partial charge is 0.481 e. The van der Waals surface area contributed by atoms with Crippen LogP contribution in [0.5, 0.6) is 0 Å². The summed E-state index contributed by atoms with van der Waals surface area (Å²) in [6, 6.07) is 8.20. The highest BCUT2D eigenvalue weighted by Crippen LogP contribution is 2.54. The summed E-state index contributed by atoms with van der Waals surface area (Å²) in [5.41, 5.74) is 1.52. The van der Waals surface area contributed by atoms with Crippen LogP contribution in [0.3, 0.4) is 0 Å². The van der Waals surface area contributed by atoms with Gasteiger partial charge in [-0.15, -0.1) is 0 Å². The minimum absolute atomic E-state index is 0.388. The van der Waals surface area contributed by atoms with Crippen molar-refractivity contribution in [2.24, 2.45) is 16.7 Å². The maximum Gasteiger partial charge on any atom is 0.314 e. The van der Waals surface area contributed by atoms with Gasteiger partial charge in [-0.05, 0) is 45.9 Å². The molecular formula is C29H44O3. The van der Waals surface area contributed by atoms with Crippen molar-refractivity contribution in [3.05, 3.63) is 58.7 Å². The van der Waals surface area contributed by atoms with Crippen LogP contribution in [0, 0.1) is 16.7 Å². The first-order chi connectivity index (χ1) is 14.8. The lowest BCUT2D eigenvalue weighted by molar-refractivity contribution is -0.138. The van der Waals surface area contributed by atoms with Crippen LogP contribution in [0.4, 0.5) is 0 Å². The molecule has 0 aromatic heterocycles. The zero-order chi connectivity index (χ0) is 24.2. The maximum absolute atomic E-state index is 12.6. The van der Waals surface area contributed by atoms with Crippen molar-refractivity contribution in [1.82, 2.24) is 0 Å². The zero-order valence-electron chi connectivity index (χ0n) is 21.3. The number of benzene rings is 1. The Hall–Kier alpha value is -1.87. The average Bonchev–Trinajstić information content (AvgIpc) is 2.69. The van der Waals surface area contributed by atoms with Gasteiger partial charge >= 0.3 is 5.97 Å². The summed E-state index contributed by atoms with van der Waals surface area (Å²) in [5, 5.41) is 22.4. The summed E-state index contributed by atoms with van der Waals surface area (Å²) in [7, 11) is 0. The molecule has 0 bridgehead atoms. The maximum atomic E-state index is 12.6. The highest BCUT2D eigenvalue weighted by molar-refractivity contribution is 5.76.